The molecule has 6 nitrogen and oxygen atoms in total. The van der Waals surface area contributed by atoms with Crippen LogP contribution in [0.2, 0.25) is 10.0 Å². The summed E-state index contributed by atoms with van der Waals surface area (Å²) in [5, 5.41) is 5.13. The van der Waals surface area contributed by atoms with Gasteiger partial charge in [0, 0.05) is 0 Å². The minimum atomic E-state index is -0.623. The van der Waals surface area contributed by atoms with Gasteiger partial charge in [-0.15, -0.1) is 0 Å². The fourth-order valence-corrected chi connectivity index (χ4v) is 5.79. The number of nitrogens with zero attached hydrogens (tertiary/aromatic N) is 1. The molecule has 0 unspecified atom stereocenters. The molecular weight excluding hydrogens is 682 g/mol. The van der Waals surface area contributed by atoms with E-state index in [0.29, 0.717) is 30.3 Å². The molecule has 1 heterocycles. The lowest BCUT2D eigenvalue weighted by Crippen LogP contribution is -2.54. The van der Waals surface area contributed by atoms with Gasteiger partial charge in [-0.25, -0.2) is 0 Å². The molecule has 1 aliphatic heterocycles. The molecule has 0 atom stereocenters. The van der Waals surface area contributed by atoms with Crippen molar-refractivity contribution in [2.24, 2.45) is 0 Å². The van der Waals surface area contributed by atoms with Crippen LogP contribution in [0.15, 0.2) is 78.4 Å². The number of carbonyl (C=O) groups is 2. The van der Waals surface area contributed by atoms with Crippen LogP contribution < -0.4 is 19.7 Å². The van der Waals surface area contributed by atoms with Crippen molar-refractivity contribution in [2.45, 2.75) is 13.5 Å². The minimum Gasteiger partial charge on any atom is -0.490 e. The zero-order valence-corrected chi connectivity index (χ0v) is 25.5. The number of amides is 2. The highest BCUT2D eigenvalue weighted by molar-refractivity contribution is 14.1. The molecule has 1 N–H and O–H groups in total. The molecule has 40 heavy (non-hydrogen) atoms. The highest BCUT2D eigenvalue weighted by atomic mass is 127. The van der Waals surface area contributed by atoms with Crippen molar-refractivity contribution >= 4 is 97.5 Å². The summed E-state index contributed by atoms with van der Waals surface area (Å²) in [6.45, 7) is 2.61. The molecule has 0 aromatic heterocycles. The second-order valence-electron chi connectivity index (χ2n) is 8.72. The second-order valence-corrected chi connectivity index (χ2v) is 11.1. The van der Waals surface area contributed by atoms with E-state index >= 15 is 0 Å². The number of nitrogens with one attached hydrogen (secondary N) is 1. The maximum atomic E-state index is 13.5. The first-order valence-electron chi connectivity index (χ1n) is 12.2. The monoisotopic (exact) mass is 702 g/mol. The number of benzene rings is 4. The highest BCUT2D eigenvalue weighted by Gasteiger charge is 2.35. The van der Waals surface area contributed by atoms with E-state index in [9.17, 15) is 9.59 Å². The summed E-state index contributed by atoms with van der Waals surface area (Å²) in [5.74, 6) is -0.170. The van der Waals surface area contributed by atoms with Crippen LogP contribution in [0.3, 0.4) is 0 Å². The Hall–Kier alpha value is -3.18. The lowest BCUT2D eigenvalue weighted by atomic mass is 10.1. The summed E-state index contributed by atoms with van der Waals surface area (Å²) in [6.07, 6.45) is 1.49. The van der Waals surface area contributed by atoms with Crippen molar-refractivity contribution in [2.75, 3.05) is 11.5 Å². The van der Waals surface area contributed by atoms with E-state index in [1.807, 2.05) is 37.3 Å². The highest BCUT2D eigenvalue weighted by Crippen LogP contribution is 2.37. The zero-order chi connectivity index (χ0) is 28.4. The van der Waals surface area contributed by atoms with E-state index in [0.717, 1.165) is 24.8 Å². The average Bonchev–Trinajstić information content (AvgIpc) is 2.93. The first-order chi connectivity index (χ1) is 19.3. The molecule has 10 heteroatoms. The zero-order valence-electron chi connectivity index (χ0n) is 21.0. The normalized spacial score (nSPS) is 14.6. The van der Waals surface area contributed by atoms with Crippen LogP contribution in [0.1, 0.15) is 18.1 Å². The fraction of sp³-hybridized carbons (Fsp3) is 0.100. The average molecular weight is 703 g/mol. The largest absolute Gasteiger partial charge is 0.490 e. The van der Waals surface area contributed by atoms with Crippen LogP contribution in [-0.2, 0) is 16.2 Å². The van der Waals surface area contributed by atoms with Crippen molar-refractivity contribution < 1.29 is 19.1 Å². The number of rotatable bonds is 7. The van der Waals surface area contributed by atoms with Gasteiger partial charge in [0.1, 0.15) is 12.2 Å². The standard InChI is InChI=1S/C30H21Cl2IN2O4S/c1-2-38-25-15-17(14-23(33)27(25)39-16-19-9-5-8-18-7-3-4-10-20(18)19)13-21-28(36)34-30(40)35(29(21)37)24-12-6-11-22(31)26(24)32/h3-15H,2,16H2,1H3,(H,34,36,40)/b21-13+. The van der Waals surface area contributed by atoms with Crippen molar-refractivity contribution in [3.63, 3.8) is 0 Å². The molecule has 5 rings (SSSR count). The summed E-state index contributed by atoms with van der Waals surface area (Å²) in [4.78, 5) is 27.5. The predicted octanol–water partition coefficient (Wildman–Crippen LogP) is 7.56. The van der Waals surface area contributed by atoms with Crippen molar-refractivity contribution in [3.05, 3.63) is 103 Å². The third kappa shape index (κ3) is 5.67. The number of carbonyl (C=O) groups excluding carboxylic acids is 2. The van der Waals surface area contributed by atoms with Gasteiger partial charge < -0.3 is 9.47 Å². The Morgan fingerprint density at radius 2 is 1.75 bits per heavy atom. The molecule has 0 aliphatic carbocycles. The first kappa shape index (κ1) is 28.4. The molecular formula is C30H21Cl2IN2O4S. The van der Waals surface area contributed by atoms with Gasteiger partial charge in [0.2, 0.25) is 0 Å². The number of anilines is 1. The SMILES string of the molecule is CCOc1cc(/C=C2\C(=O)NC(=S)N(c3cccc(Cl)c3Cl)C2=O)cc(I)c1OCc1cccc2ccccc12. The van der Waals surface area contributed by atoms with Crippen LogP contribution in [0.5, 0.6) is 11.5 Å². The minimum absolute atomic E-state index is 0.0851. The summed E-state index contributed by atoms with van der Waals surface area (Å²) in [6, 6.07) is 22.6. The van der Waals surface area contributed by atoms with Gasteiger partial charge in [-0.05, 0) is 94.0 Å². The maximum absolute atomic E-state index is 13.5. The van der Waals surface area contributed by atoms with Gasteiger partial charge in [-0.1, -0.05) is 71.7 Å². The molecule has 4 aromatic carbocycles. The van der Waals surface area contributed by atoms with E-state index in [2.05, 4.69) is 46.1 Å². The van der Waals surface area contributed by atoms with Crippen LogP contribution in [0, 0.1) is 3.57 Å². The molecule has 2 amide bonds. The number of halogens is 3. The van der Waals surface area contributed by atoms with E-state index in [4.69, 9.17) is 44.9 Å². The third-order valence-corrected chi connectivity index (χ3v) is 8.06. The Morgan fingerprint density at radius 3 is 2.55 bits per heavy atom. The van der Waals surface area contributed by atoms with E-state index < -0.39 is 11.8 Å². The van der Waals surface area contributed by atoms with Crippen molar-refractivity contribution in [3.8, 4) is 11.5 Å². The van der Waals surface area contributed by atoms with Gasteiger partial charge in [0.15, 0.2) is 16.6 Å². The summed E-state index contributed by atoms with van der Waals surface area (Å²) in [7, 11) is 0. The Bertz CT molecular complexity index is 1700. The van der Waals surface area contributed by atoms with E-state index in [1.165, 1.54) is 6.08 Å². The number of fused-ring (bicyclic) bond motifs is 1. The van der Waals surface area contributed by atoms with Crippen LogP contribution >= 0.6 is 58.0 Å². The molecule has 1 fully saturated rings. The van der Waals surface area contributed by atoms with Gasteiger partial charge >= 0.3 is 0 Å². The van der Waals surface area contributed by atoms with Crippen molar-refractivity contribution in [1.29, 1.82) is 0 Å². The van der Waals surface area contributed by atoms with Crippen LogP contribution in [0.4, 0.5) is 5.69 Å². The summed E-state index contributed by atoms with van der Waals surface area (Å²) < 4.78 is 12.9. The molecule has 0 saturated carbocycles. The van der Waals surface area contributed by atoms with Crippen LogP contribution in [0.25, 0.3) is 16.8 Å². The lowest BCUT2D eigenvalue weighted by molar-refractivity contribution is -0.122. The topological polar surface area (TPSA) is 67.9 Å². The molecule has 0 radical (unpaired) electrons. The first-order valence-corrected chi connectivity index (χ1v) is 14.4. The quantitative estimate of drug-likeness (QED) is 0.0932. The summed E-state index contributed by atoms with van der Waals surface area (Å²) in [5.41, 5.74) is 1.78. The van der Waals surface area contributed by atoms with Gasteiger partial charge in [0.05, 0.1) is 25.9 Å². The Morgan fingerprint density at radius 1 is 1.00 bits per heavy atom. The molecule has 0 spiro atoms. The fourth-order valence-electron chi connectivity index (χ4n) is 4.35. The Labute approximate surface area is 260 Å². The number of hydrogen-bond acceptors (Lipinski definition) is 5. The van der Waals surface area contributed by atoms with Gasteiger partial charge in [-0.3, -0.25) is 19.8 Å². The Kier molecular flexibility index (Phi) is 8.60. The maximum Gasteiger partial charge on any atom is 0.270 e. The summed E-state index contributed by atoms with van der Waals surface area (Å²) >= 11 is 19.9. The number of hydrogen-bond donors (Lipinski definition) is 1. The lowest BCUT2D eigenvalue weighted by Gasteiger charge is -2.29. The second kappa shape index (κ2) is 12.1. The predicted molar refractivity (Wildman–Crippen MR) is 171 cm³/mol. The van der Waals surface area contributed by atoms with Crippen LogP contribution in [-0.4, -0.2) is 23.5 Å². The Balaban J connectivity index is 1.48. The molecule has 4 aromatic rings. The molecule has 202 valence electrons. The third-order valence-electron chi connectivity index (χ3n) is 6.17. The molecule has 1 aliphatic rings. The number of ether oxygens (including phenoxy) is 2. The number of thiocarbonyl (C=S) groups is 1. The molecule has 0 bridgehead atoms. The smallest absolute Gasteiger partial charge is 0.270 e. The van der Waals surface area contributed by atoms with Gasteiger partial charge in [0.25, 0.3) is 11.8 Å². The van der Waals surface area contributed by atoms with Crippen molar-refractivity contribution in [1.82, 2.24) is 5.32 Å². The molecule has 1 saturated heterocycles. The van der Waals surface area contributed by atoms with E-state index in [-0.39, 0.29) is 26.4 Å². The van der Waals surface area contributed by atoms with E-state index in [1.54, 1.807) is 24.3 Å². The van der Waals surface area contributed by atoms with Gasteiger partial charge in [-0.2, -0.15) is 0 Å².